The van der Waals surface area contributed by atoms with Crippen LogP contribution >= 0.6 is 0 Å². The van der Waals surface area contributed by atoms with Crippen LogP contribution in [0, 0.1) is 10.1 Å². The normalized spacial score (nSPS) is 9.91. The Kier molecular flexibility index (Phi) is 5.64. The lowest BCUT2D eigenvalue weighted by atomic mass is 9.96. The smallest absolute Gasteiger partial charge is 0.242 e. The van der Waals surface area contributed by atoms with E-state index in [0.717, 1.165) is 41.3 Å². The number of nitrogens with zero attached hydrogens (tertiary/aromatic N) is 1. The zero-order valence-corrected chi connectivity index (χ0v) is 12.9. The maximum atomic E-state index is 11.0. The summed E-state index contributed by atoms with van der Waals surface area (Å²) in [7, 11) is 0. The van der Waals surface area contributed by atoms with E-state index in [-0.39, 0.29) is 0 Å². The fourth-order valence-electron chi connectivity index (χ4n) is 2.40. The largest absolute Gasteiger partial charge is 0.259 e. The molecule has 0 aliphatic carbocycles. The molecule has 0 bridgehead atoms. The Bertz CT molecular complexity index is 670. The molecule has 0 aromatic heterocycles. The van der Waals surface area contributed by atoms with E-state index < -0.39 is 4.92 Å². The molecule has 2 rings (SSSR count). The van der Waals surface area contributed by atoms with E-state index in [1.54, 1.807) is 0 Å². The lowest BCUT2D eigenvalue weighted by molar-refractivity contribution is -0.401. The molecular weight excluding hydrogens is 286 g/mol. The van der Waals surface area contributed by atoms with E-state index in [2.05, 4.69) is 13.2 Å². The van der Waals surface area contributed by atoms with Crippen molar-refractivity contribution in [1.82, 2.24) is 0 Å². The number of nitro groups is 1. The minimum atomic E-state index is -0.412. The van der Waals surface area contributed by atoms with Gasteiger partial charge in [-0.2, -0.15) is 0 Å². The van der Waals surface area contributed by atoms with Gasteiger partial charge in [-0.05, 0) is 35.1 Å². The van der Waals surface area contributed by atoms with Gasteiger partial charge in [-0.25, -0.2) is 0 Å². The topological polar surface area (TPSA) is 43.1 Å². The van der Waals surface area contributed by atoms with Gasteiger partial charge in [-0.15, -0.1) is 13.2 Å². The van der Waals surface area contributed by atoms with E-state index >= 15 is 0 Å². The molecule has 0 N–H and O–H groups in total. The third-order valence-electron chi connectivity index (χ3n) is 3.52. The Morgan fingerprint density at radius 1 is 0.870 bits per heavy atom. The maximum absolute atomic E-state index is 11.0. The average Bonchev–Trinajstić information content (AvgIpc) is 2.55. The van der Waals surface area contributed by atoms with Crippen LogP contribution < -0.4 is 0 Å². The van der Waals surface area contributed by atoms with Gasteiger partial charge in [0.1, 0.15) is 0 Å². The summed E-state index contributed by atoms with van der Waals surface area (Å²) >= 11 is 0. The minimum absolute atomic E-state index is 0.412. The van der Waals surface area contributed by atoms with Gasteiger partial charge < -0.3 is 0 Å². The summed E-state index contributed by atoms with van der Waals surface area (Å²) in [4.78, 5) is 10.6. The van der Waals surface area contributed by atoms with Crippen molar-refractivity contribution < 1.29 is 4.92 Å². The van der Waals surface area contributed by atoms with Crippen LogP contribution in [0.25, 0.3) is 5.57 Å². The van der Waals surface area contributed by atoms with E-state index in [0.29, 0.717) is 5.57 Å². The maximum Gasteiger partial charge on any atom is 0.242 e. The molecule has 3 nitrogen and oxygen atoms in total. The van der Waals surface area contributed by atoms with E-state index in [9.17, 15) is 10.1 Å². The van der Waals surface area contributed by atoms with E-state index in [1.807, 2.05) is 60.7 Å². The van der Waals surface area contributed by atoms with Crippen LogP contribution in [0.3, 0.4) is 0 Å². The summed E-state index contributed by atoms with van der Waals surface area (Å²) in [6.45, 7) is 7.43. The van der Waals surface area contributed by atoms with Crippen LogP contribution in [0.4, 0.5) is 0 Å². The first-order valence-corrected chi connectivity index (χ1v) is 7.39. The molecule has 0 amide bonds. The van der Waals surface area contributed by atoms with Gasteiger partial charge in [0, 0.05) is 0 Å². The lowest BCUT2D eigenvalue weighted by Crippen LogP contribution is -1.95. The number of hydrogen-bond donors (Lipinski definition) is 0. The van der Waals surface area contributed by atoms with Crippen molar-refractivity contribution in [1.29, 1.82) is 0 Å². The predicted molar refractivity (Wildman–Crippen MR) is 94.8 cm³/mol. The zero-order chi connectivity index (χ0) is 16.7. The monoisotopic (exact) mass is 305 g/mol. The molecule has 0 heterocycles. The first-order valence-electron chi connectivity index (χ1n) is 7.39. The van der Waals surface area contributed by atoms with Crippen LogP contribution in [0.2, 0.25) is 0 Å². The molecule has 116 valence electrons. The fourth-order valence-corrected chi connectivity index (χ4v) is 2.40. The first kappa shape index (κ1) is 16.4. The number of rotatable bonds is 7. The molecule has 0 aliphatic rings. The molecule has 0 saturated heterocycles. The molecule has 3 heteroatoms. The molecule has 0 fully saturated rings. The number of hydrogen-bond acceptors (Lipinski definition) is 2. The van der Waals surface area contributed by atoms with Crippen molar-refractivity contribution in [3.05, 3.63) is 112 Å². The van der Waals surface area contributed by atoms with Gasteiger partial charge in [0.2, 0.25) is 6.20 Å². The van der Waals surface area contributed by atoms with Crippen LogP contribution in [0.15, 0.2) is 80.0 Å². The van der Waals surface area contributed by atoms with Crippen LogP contribution in [-0.2, 0) is 12.8 Å². The Hall–Kier alpha value is -2.94. The average molecular weight is 305 g/mol. The Morgan fingerprint density at radius 3 is 1.57 bits per heavy atom. The van der Waals surface area contributed by atoms with Gasteiger partial charge >= 0.3 is 0 Å². The summed E-state index contributed by atoms with van der Waals surface area (Å²) in [5.41, 5.74) is 4.51. The Labute approximate surface area is 136 Å². The second-order valence-corrected chi connectivity index (χ2v) is 5.21. The van der Waals surface area contributed by atoms with Crippen molar-refractivity contribution in [2.75, 3.05) is 0 Å². The molecule has 0 spiro atoms. The molecule has 2 aromatic carbocycles. The highest BCUT2D eigenvalue weighted by molar-refractivity contribution is 5.79. The van der Waals surface area contributed by atoms with Crippen LogP contribution in [0.1, 0.15) is 22.3 Å². The zero-order valence-electron chi connectivity index (χ0n) is 12.9. The summed E-state index contributed by atoms with van der Waals surface area (Å²) < 4.78 is 0. The molecule has 2 aromatic rings. The summed E-state index contributed by atoms with van der Waals surface area (Å²) in [6.07, 6.45) is 6.29. The molecule has 0 saturated carbocycles. The summed E-state index contributed by atoms with van der Waals surface area (Å²) in [5.74, 6) is 0. The third-order valence-corrected chi connectivity index (χ3v) is 3.52. The van der Waals surface area contributed by atoms with Crippen molar-refractivity contribution >= 4 is 5.57 Å². The van der Waals surface area contributed by atoms with E-state index in [1.165, 1.54) is 0 Å². The number of benzene rings is 2. The lowest BCUT2D eigenvalue weighted by Gasteiger charge is -2.08. The van der Waals surface area contributed by atoms with Gasteiger partial charge in [-0.1, -0.05) is 60.7 Å². The molecule has 0 unspecified atom stereocenters. The highest BCUT2D eigenvalue weighted by Crippen LogP contribution is 2.24. The second-order valence-electron chi connectivity index (χ2n) is 5.21. The SMILES string of the molecule is C=CCc1ccc(C(=C[N+](=O)[O-])c2ccc(CC=C)cc2)cc1. The third kappa shape index (κ3) is 4.51. The van der Waals surface area contributed by atoms with Gasteiger partial charge in [0.15, 0.2) is 0 Å². The van der Waals surface area contributed by atoms with E-state index in [4.69, 9.17) is 0 Å². The second kappa shape index (κ2) is 7.90. The number of allylic oxidation sites excluding steroid dienone is 2. The quantitative estimate of drug-likeness (QED) is 0.418. The van der Waals surface area contributed by atoms with Crippen molar-refractivity contribution in [3.8, 4) is 0 Å². The molecule has 23 heavy (non-hydrogen) atoms. The van der Waals surface area contributed by atoms with Crippen molar-refractivity contribution in [2.24, 2.45) is 0 Å². The molecular formula is C20H19NO2. The van der Waals surface area contributed by atoms with Gasteiger partial charge in [-0.3, -0.25) is 10.1 Å². The van der Waals surface area contributed by atoms with Gasteiger partial charge in [0.25, 0.3) is 0 Å². The Balaban J connectivity index is 2.38. The minimum Gasteiger partial charge on any atom is -0.259 e. The van der Waals surface area contributed by atoms with Crippen molar-refractivity contribution in [2.45, 2.75) is 12.8 Å². The highest BCUT2D eigenvalue weighted by Gasteiger charge is 2.10. The fraction of sp³-hybridized carbons (Fsp3) is 0.100. The summed E-state index contributed by atoms with van der Waals surface area (Å²) in [5, 5.41) is 11.0. The molecule has 0 radical (unpaired) electrons. The molecule has 0 aliphatic heterocycles. The highest BCUT2D eigenvalue weighted by atomic mass is 16.6. The predicted octanol–water partition coefficient (Wildman–Crippen LogP) is 4.81. The Morgan fingerprint density at radius 2 is 1.26 bits per heavy atom. The summed E-state index contributed by atoms with van der Waals surface area (Å²) in [6, 6.07) is 15.5. The van der Waals surface area contributed by atoms with Crippen molar-refractivity contribution in [3.63, 3.8) is 0 Å². The standard InChI is InChI=1S/C20H19NO2/c1-3-5-16-7-11-18(12-8-16)20(15-21(22)23)19-13-9-17(6-4-2)10-14-19/h3-4,7-15H,1-2,5-6H2. The van der Waals surface area contributed by atoms with Crippen LogP contribution in [-0.4, -0.2) is 4.92 Å². The first-order chi connectivity index (χ1) is 11.1. The molecule has 0 atom stereocenters. The van der Waals surface area contributed by atoms with Gasteiger partial charge in [0.05, 0.1) is 10.5 Å². The van der Waals surface area contributed by atoms with Crippen LogP contribution in [0.5, 0.6) is 0 Å².